The summed E-state index contributed by atoms with van der Waals surface area (Å²) in [6.07, 6.45) is 3.68. The number of nitrogens with zero attached hydrogens (tertiary/aromatic N) is 1. The third kappa shape index (κ3) is 5.13. The van der Waals surface area contributed by atoms with Crippen molar-refractivity contribution in [1.82, 2.24) is 4.90 Å². The summed E-state index contributed by atoms with van der Waals surface area (Å²) in [5, 5.41) is 1.56. The number of hydrogen-bond donors (Lipinski definition) is 1. The number of halogens is 3. The van der Waals surface area contributed by atoms with Crippen LogP contribution in [0.4, 0.5) is 0 Å². The fourth-order valence-corrected chi connectivity index (χ4v) is 3.04. The Balaban J connectivity index is 0.00000180. The molecule has 1 aromatic rings. The van der Waals surface area contributed by atoms with Gasteiger partial charge in [-0.15, -0.1) is 12.4 Å². The van der Waals surface area contributed by atoms with Crippen molar-refractivity contribution in [2.75, 3.05) is 19.6 Å². The minimum atomic E-state index is 0. The average Bonchev–Trinajstić information content (AvgIpc) is 2.35. The lowest BCUT2D eigenvalue weighted by atomic mass is 9.94. The second-order valence-corrected chi connectivity index (χ2v) is 5.90. The number of piperidine rings is 1. The van der Waals surface area contributed by atoms with E-state index in [4.69, 9.17) is 28.9 Å². The summed E-state index contributed by atoms with van der Waals surface area (Å²) in [5.41, 5.74) is 6.77. The van der Waals surface area contributed by atoms with Gasteiger partial charge in [-0.1, -0.05) is 23.2 Å². The van der Waals surface area contributed by atoms with E-state index in [-0.39, 0.29) is 12.4 Å². The molecule has 2 rings (SSSR count). The average molecular weight is 324 g/mol. The maximum Gasteiger partial charge on any atom is 0.0452 e. The summed E-state index contributed by atoms with van der Waals surface area (Å²) in [4.78, 5) is 2.46. The molecule has 1 heterocycles. The molecule has 0 aliphatic carbocycles. The highest BCUT2D eigenvalue weighted by Gasteiger charge is 2.19. The van der Waals surface area contributed by atoms with Gasteiger partial charge in [-0.05, 0) is 62.0 Å². The lowest BCUT2D eigenvalue weighted by molar-refractivity contribution is 0.163. The van der Waals surface area contributed by atoms with Crippen molar-refractivity contribution >= 4 is 35.6 Å². The van der Waals surface area contributed by atoms with Crippen LogP contribution in [0, 0.1) is 5.92 Å². The molecular formula is C14H21Cl3N2. The molecular weight excluding hydrogens is 303 g/mol. The molecule has 5 heteroatoms. The van der Waals surface area contributed by atoms with E-state index in [9.17, 15) is 0 Å². The van der Waals surface area contributed by atoms with Crippen LogP contribution in [-0.4, -0.2) is 24.5 Å². The first-order chi connectivity index (χ1) is 8.69. The van der Waals surface area contributed by atoms with Crippen molar-refractivity contribution in [2.24, 2.45) is 11.7 Å². The van der Waals surface area contributed by atoms with Gasteiger partial charge in [0.05, 0.1) is 0 Å². The number of benzene rings is 1. The highest BCUT2D eigenvalue weighted by molar-refractivity contribution is 6.33. The van der Waals surface area contributed by atoms with E-state index >= 15 is 0 Å². The standard InChI is InChI=1S/C14H20Cl2N2.ClH/c15-13-3-4-14(16)12(8-13)10-18-7-1-2-11(9-18)5-6-17;/h3-4,8,11H,1-2,5-7,9-10,17H2;1H. The highest BCUT2D eigenvalue weighted by atomic mass is 35.5. The largest absolute Gasteiger partial charge is 0.330 e. The van der Waals surface area contributed by atoms with Gasteiger partial charge in [-0.2, -0.15) is 0 Å². The van der Waals surface area contributed by atoms with Gasteiger partial charge in [0.2, 0.25) is 0 Å². The molecule has 0 aromatic heterocycles. The third-order valence-electron chi connectivity index (χ3n) is 3.58. The van der Waals surface area contributed by atoms with Crippen LogP contribution in [0.1, 0.15) is 24.8 Å². The Morgan fingerprint density at radius 2 is 2.11 bits per heavy atom. The van der Waals surface area contributed by atoms with E-state index in [0.29, 0.717) is 0 Å². The van der Waals surface area contributed by atoms with E-state index in [1.165, 1.54) is 12.8 Å². The van der Waals surface area contributed by atoms with Crippen molar-refractivity contribution in [1.29, 1.82) is 0 Å². The number of likely N-dealkylation sites (tertiary alicyclic amines) is 1. The van der Waals surface area contributed by atoms with E-state index in [1.54, 1.807) is 0 Å². The van der Waals surface area contributed by atoms with Crippen LogP contribution in [0.3, 0.4) is 0 Å². The molecule has 0 saturated carbocycles. The maximum absolute atomic E-state index is 6.21. The lowest BCUT2D eigenvalue weighted by Gasteiger charge is -2.32. The molecule has 1 saturated heterocycles. The van der Waals surface area contributed by atoms with Crippen molar-refractivity contribution in [3.8, 4) is 0 Å². The van der Waals surface area contributed by atoms with Crippen molar-refractivity contribution < 1.29 is 0 Å². The van der Waals surface area contributed by atoms with E-state index < -0.39 is 0 Å². The zero-order valence-corrected chi connectivity index (χ0v) is 13.3. The van der Waals surface area contributed by atoms with Gasteiger partial charge in [0.25, 0.3) is 0 Å². The smallest absolute Gasteiger partial charge is 0.0452 e. The van der Waals surface area contributed by atoms with Crippen LogP contribution < -0.4 is 5.73 Å². The quantitative estimate of drug-likeness (QED) is 0.908. The molecule has 1 unspecified atom stereocenters. The normalized spacial score (nSPS) is 20.1. The van der Waals surface area contributed by atoms with Crippen LogP contribution in [0.5, 0.6) is 0 Å². The van der Waals surface area contributed by atoms with Crippen molar-refractivity contribution in [3.05, 3.63) is 33.8 Å². The monoisotopic (exact) mass is 322 g/mol. The molecule has 0 amide bonds. The molecule has 1 atom stereocenters. The first-order valence-corrected chi connectivity index (χ1v) is 7.31. The highest BCUT2D eigenvalue weighted by Crippen LogP contribution is 2.25. The summed E-state index contributed by atoms with van der Waals surface area (Å²) in [6, 6.07) is 5.68. The Bertz CT molecular complexity index is 396. The molecule has 108 valence electrons. The van der Waals surface area contributed by atoms with Gasteiger partial charge in [0.15, 0.2) is 0 Å². The Kier molecular flexibility index (Phi) is 7.48. The fraction of sp³-hybridized carbons (Fsp3) is 0.571. The van der Waals surface area contributed by atoms with Crippen LogP contribution in [0.15, 0.2) is 18.2 Å². The Labute approximate surface area is 131 Å². The number of rotatable bonds is 4. The third-order valence-corrected chi connectivity index (χ3v) is 4.18. The second-order valence-electron chi connectivity index (χ2n) is 5.06. The van der Waals surface area contributed by atoms with Gasteiger partial charge in [-0.3, -0.25) is 4.90 Å². The minimum absolute atomic E-state index is 0. The SMILES string of the molecule is Cl.NCCC1CCCN(Cc2cc(Cl)ccc2Cl)C1. The Hall–Kier alpha value is 0.01000. The predicted molar refractivity (Wildman–Crippen MR) is 85.4 cm³/mol. The van der Waals surface area contributed by atoms with Crippen LogP contribution in [0.2, 0.25) is 10.0 Å². The first-order valence-electron chi connectivity index (χ1n) is 6.55. The van der Waals surface area contributed by atoms with Crippen LogP contribution >= 0.6 is 35.6 Å². The summed E-state index contributed by atoms with van der Waals surface area (Å²) in [7, 11) is 0. The first kappa shape index (κ1) is 17.1. The maximum atomic E-state index is 6.21. The van der Waals surface area contributed by atoms with Crippen molar-refractivity contribution in [3.63, 3.8) is 0 Å². The van der Waals surface area contributed by atoms with Crippen LogP contribution in [0.25, 0.3) is 0 Å². The summed E-state index contributed by atoms with van der Waals surface area (Å²) >= 11 is 12.2. The molecule has 2 N–H and O–H groups in total. The van der Waals surface area contributed by atoms with E-state index in [0.717, 1.165) is 54.1 Å². The van der Waals surface area contributed by atoms with Gasteiger partial charge in [-0.25, -0.2) is 0 Å². The lowest BCUT2D eigenvalue weighted by Crippen LogP contribution is -2.35. The van der Waals surface area contributed by atoms with Gasteiger partial charge >= 0.3 is 0 Å². The summed E-state index contributed by atoms with van der Waals surface area (Å²) in [5.74, 6) is 0.738. The molecule has 0 bridgehead atoms. The van der Waals surface area contributed by atoms with Gasteiger partial charge in [0, 0.05) is 23.1 Å². The molecule has 1 aliphatic heterocycles. The fourth-order valence-electron chi connectivity index (χ4n) is 2.67. The van der Waals surface area contributed by atoms with Crippen molar-refractivity contribution in [2.45, 2.75) is 25.8 Å². The number of nitrogens with two attached hydrogens (primary N) is 1. The van der Waals surface area contributed by atoms with E-state index in [2.05, 4.69) is 4.90 Å². The molecule has 1 fully saturated rings. The Morgan fingerprint density at radius 1 is 1.32 bits per heavy atom. The molecule has 1 aromatic carbocycles. The zero-order chi connectivity index (χ0) is 13.0. The summed E-state index contributed by atoms with van der Waals surface area (Å²) in [6.45, 7) is 3.95. The molecule has 0 radical (unpaired) electrons. The second kappa shape index (κ2) is 8.33. The minimum Gasteiger partial charge on any atom is -0.330 e. The summed E-state index contributed by atoms with van der Waals surface area (Å²) < 4.78 is 0. The van der Waals surface area contributed by atoms with Gasteiger partial charge < -0.3 is 5.73 Å². The van der Waals surface area contributed by atoms with Crippen LogP contribution in [-0.2, 0) is 6.54 Å². The molecule has 1 aliphatic rings. The molecule has 19 heavy (non-hydrogen) atoms. The number of hydrogen-bond acceptors (Lipinski definition) is 2. The topological polar surface area (TPSA) is 29.3 Å². The Morgan fingerprint density at radius 3 is 2.84 bits per heavy atom. The zero-order valence-electron chi connectivity index (χ0n) is 10.9. The van der Waals surface area contributed by atoms with Gasteiger partial charge in [0.1, 0.15) is 0 Å². The molecule has 2 nitrogen and oxygen atoms in total. The van der Waals surface area contributed by atoms with E-state index in [1.807, 2.05) is 18.2 Å². The molecule has 0 spiro atoms. The predicted octanol–water partition coefficient (Wildman–Crippen LogP) is 3.98.